The van der Waals surface area contributed by atoms with Gasteiger partial charge in [0.15, 0.2) is 0 Å². The number of amides is 2. The number of halogens is 1. The van der Waals surface area contributed by atoms with Gasteiger partial charge in [0.2, 0.25) is 0 Å². The maximum Gasteiger partial charge on any atom is 0.262 e. The Labute approximate surface area is 187 Å². The van der Waals surface area contributed by atoms with Crippen LogP contribution in [0, 0.1) is 0 Å². The van der Waals surface area contributed by atoms with Crippen LogP contribution in [-0.2, 0) is 11.2 Å². The zero-order valence-corrected chi connectivity index (χ0v) is 17.9. The van der Waals surface area contributed by atoms with Crippen molar-refractivity contribution >= 4 is 51.9 Å². The molecule has 0 radical (unpaired) electrons. The van der Waals surface area contributed by atoms with E-state index in [1.807, 2.05) is 35.8 Å². The minimum absolute atomic E-state index is 0.295. The zero-order chi connectivity index (χ0) is 21.6. The Balaban J connectivity index is 1.51. The maximum absolute atomic E-state index is 12.9. The Morgan fingerprint density at radius 2 is 1.90 bits per heavy atom. The lowest BCUT2D eigenvalue weighted by Gasteiger charge is -2.16. The second-order valence-electron chi connectivity index (χ2n) is 6.85. The average molecular weight is 451 g/mol. The molecule has 0 unspecified atom stereocenters. The van der Waals surface area contributed by atoms with E-state index in [4.69, 9.17) is 11.6 Å². The molecule has 0 aliphatic rings. The largest absolute Gasteiger partial charge is 0.361 e. The fraction of sp³-hybridized carbons (Fsp3) is 0.0870. The first-order valence-corrected chi connectivity index (χ1v) is 10.8. The fourth-order valence-electron chi connectivity index (χ4n) is 3.16. The summed E-state index contributed by atoms with van der Waals surface area (Å²) in [4.78, 5) is 29.2. The van der Waals surface area contributed by atoms with Crippen molar-refractivity contribution in [1.29, 1.82) is 0 Å². The smallest absolute Gasteiger partial charge is 0.262 e. The summed E-state index contributed by atoms with van der Waals surface area (Å²) < 4.78 is 0. The molecule has 8 heteroatoms. The van der Waals surface area contributed by atoms with E-state index >= 15 is 0 Å². The monoisotopic (exact) mass is 450 g/mol. The standard InChI is InChI=1S/C23H19ClN4O2S/c24-17-9-7-15(8-10-17)13-26-28-22(29)20(27-23(30)21-6-3-11-31-21)12-16-14-25-19-5-2-1-4-18(16)19/h1-11,13-14,20,25H,12H2,(H,27,30)(H,28,29)/b26-13-/t20-/m1/s1. The van der Waals surface area contributed by atoms with Crippen LogP contribution < -0.4 is 10.7 Å². The second kappa shape index (κ2) is 9.59. The summed E-state index contributed by atoms with van der Waals surface area (Å²) in [5, 5.41) is 10.3. The Kier molecular flexibility index (Phi) is 6.45. The van der Waals surface area contributed by atoms with E-state index in [1.165, 1.54) is 17.6 Å². The number of aromatic amines is 1. The minimum Gasteiger partial charge on any atom is -0.361 e. The molecule has 4 rings (SSSR count). The lowest BCUT2D eigenvalue weighted by atomic mass is 10.0. The van der Waals surface area contributed by atoms with E-state index in [-0.39, 0.29) is 5.91 Å². The predicted molar refractivity (Wildman–Crippen MR) is 125 cm³/mol. The molecular weight excluding hydrogens is 432 g/mol. The number of nitrogens with zero attached hydrogens (tertiary/aromatic N) is 1. The Morgan fingerprint density at radius 3 is 2.68 bits per heavy atom. The van der Waals surface area contributed by atoms with Crippen LogP contribution in [-0.4, -0.2) is 29.1 Å². The highest BCUT2D eigenvalue weighted by Crippen LogP contribution is 2.19. The highest BCUT2D eigenvalue weighted by Gasteiger charge is 2.23. The van der Waals surface area contributed by atoms with Gasteiger partial charge in [-0.25, -0.2) is 5.43 Å². The van der Waals surface area contributed by atoms with Gasteiger partial charge in [-0.1, -0.05) is 48.0 Å². The quantitative estimate of drug-likeness (QED) is 0.288. The van der Waals surface area contributed by atoms with Crippen molar-refractivity contribution in [2.45, 2.75) is 12.5 Å². The first kappa shape index (κ1) is 20.8. The number of carbonyl (C=O) groups is 2. The zero-order valence-electron chi connectivity index (χ0n) is 16.3. The molecule has 2 aromatic carbocycles. The molecule has 0 aliphatic carbocycles. The summed E-state index contributed by atoms with van der Waals surface area (Å²) >= 11 is 7.20. The van der Waals surface area contributed by atoms with E-state index in [2.05, 4.69) is 20.8 Å². The van der Waals surface area contributed by atoms with Gasteiger partial charge in [-0.3, -0.25) is 9.59 Å². The molecule has 6 nitrogen and oxygen atoms in total. The number of fused-ring (bicyclic) bond motifs is 1. The van der Waals surface area contributed by atoms with E-state index < -0.39 is 11.9 Å². The van der Waals surface area contributed by atoms with E-state index in [0.717, 1.165) is 22.0 Å². The van der Waals surface area contributed by atoms with Crippen LogP contribution in [0.15, 0.2) is 77.3 Å². The molecule has 0 aliphatic heterocycles. The van der Waals surface area contributed by atoms with Crippen LogP contribution in [0.1, 0.15) is 20.8 Å². The van der Waals surface area contributed by atoms with Crippen molar-refractivity contribution in [2.24, 2.45) is 5.10 Å². The van der Waals surface area contributed by atoms with Gasteiger partial charge in [-0.15, -0.1) is 11.3 Å². The van der Waals surface area contributed by atoms with Gasteiger partial charge < -0.3 is 10.3 Å². The summed E-state index contributed by atoms with van der Waals surface area (Å²) in [6.45, 7) is 0. The molecule has 156 valence electrons. The van der Waals surface area contributed by atoms with E-state index in [9.17, 15) is 9.59 Å². The highest BCUT2D eigenvalue weighted by molar-refractivity contribution is 7.12. The minimum atomic E-state index is -0.795. The average Bonchev–Trinajstić information content (AvgIpc) is 3.45. The van der Waals surface area contributed by atoms with E-state index in [1.54, 1.807) is 36.4 Å². The van der Waals surface area contributed by atoms with Crippen LogP contribution >= 0.6 is 22.9 Å². The SMILES string of the molecule is O=C(N[C@H](Cc1c[nH]c2ccccc12)C(=O)N/N=C\c1ccc(Cl)cc1)c1cccs1. The van der Waals surface area contributed by atoms with Crippen LogP contribution in [0.25, 0.3) is 10.9 Å². The highest BCUT2D eigenvalue weighted by atomic mass is 35.5. The van der Waals surface area contributed by atoms with Crippen LogP contribution in [0.5, 0.6) is 0 Å². The third-order valence-corrected chi connectivity index (χ3v) is 5.84. The van der Waals surface area contributed by atoms with Crippen molar-refractivity contribution < 1.29 is 9.59 Å². The molecule has 0 spiro atoms. The van der Waals surface area contributed by atoms with Crippen molar-refractivity contribution in [3.63, 3.8) is 0 Å². The number of hydrazone groups is 1. The van der Waals surface area contributed by atoms with Gasteiger partial charge in [0.1, 0.15) is 6.04 Å². The van der Waals surface area contributed by atoms with Crippen LogP contribution in [0.4, 0.5) is 0 Å². The number of aromatic nitrogens is 1. The molecule has 2 amide bonds. The Bertz CT molecular complexity index is 1220. The Morgan fingerprint density at radius 1 is 1.10 bits per heavy atom. The number of H-pyrrole nitrogens is 1. The van der Waals surface area contributed by atoms with Crippen LogP contribution in [0.2, 0.25) is 5.02 Å². The summed E-state index contributed by atoms with van der Waals surface area (Å²) in [7, 11) is 0. The third-order valence-electron chi connectivity index (χ3n) is 4.72. The maximum atomic E-state index is 12.9. The number of thiophene rings is 1. The van der Waals surface area contributed by atoms with Gasteiger partial charge in [-0.2, -0.15) is 5.10 Å². The van der Waals surface area contributed by atoms with Crippen molar-refractivity contribution in [2.75, 3.05) is 0 Å². The molecule has 0 bridgehead atoms. The molecule has 2 heterocycles. The molecule has 4 aromatic rings. The summed E-state index contributed by atoms with van der Waals surface area (Å²) in [6, 6.07) is 17.6. The lowest BCUT2D eigenvalue weighted by molar-refractivity contribution is -0.122. The summed E-state index contributed by atoms with van der Waals surface area (Å²) in [5.74, 6) is -0.697. The van der Waals surface area contributed by atoms with Gasteiger partial charge in [0.25, 0.3) is 11.8 Å². The summed E-state index contributed by atoms with van der Waals surface area (Å²) in [6.07, 6.45) is 3.71. The molecule has 31 heavy (non-hydrogen) atoms. The molecule has 0 saturated heterocycles. The third kappa shape index (κ3) is 5.20. The number of benzene rings is 2. The van der Waals surface area contributed by atoms with Crippen molar-refractivity contribution in [3.8, 4) is 0 Å². The van der Waals surface area contributed by atoms with Crippen molar-refractivity contribution in [3.05, 3.63) is 93.3 Å². The second-order valence-corrected chi connectivity index (χ2v) is 8.24. The fourth-order valence-corrected chi connectivity index (χ4v) is 3.92. The normalized spacial score (nSPS) is 12.2. The number of nitrogens with one attached hydrogen (secondary N) is 3. The van der Waals surface area contributed by atoms with Crippen LogP contribution in [0.3, 0.4) is 0 Å². The first-order valence-electron chi connectivity index (χ1n) is 9.58. The number of para-hydroxylation sites is 1. The van der Waals surface area contributed by atoms with E-state index in [0.29, 0.717) is 16.3 Å². The molecular formula is C23H19ClN4O2S. The number of hydrogen-bond donors (Lipinski definition) is 3. The molecule has 2 aromatic heterocycles. The van der Waals surface area contributed by atoms with Gasteiger partial charge >= 0.3 is 0 Å². The number of rotatable bonds is 7. The molecule has 0 saturated carbocycles. The first-order chi connectivity index (χ1) is 15.1. The molecule has 1 atom stereocenters. The van der Waals surface area contributed by atoms with Crippen molar-refractivity contribution in [1.82, 2.24) is 15.7 Å². The predicted octanol–water partition coefficient (Wildman–Crippen LogP) is 4.37. The topological polar surface area (TPSA) is 86.3 Å². The molecule has 0 fully saturated rings. The van der Waals surface area contributed by atoms with Gasteiger partial charge in [0.05, 0.1) is 11.1 Å². The summed E-state index contributed by atoms with van der Waals surface area (Å²) in [5.41, 5.74) is 5.23. The lowest BCUT2D eigenvalue weighted by Crippen LogP contribution is -2.46. The number of carbonyl (C=O) groups excluding carboxylic acids is 2. The van der Waals surface area contributed by atoms with Gasteiger partial charge in [0, 0.05) is 28.5 Å². The molecule has 3 N–H and O–H groups in total. The van der Waals surface area contributed by atoms with Gasteiger partial charge in [-0.05, 0) is 40.8 Å². The Hall–Kier alpha value is -3.42. The number of hydrogen-bond acceptors (Lipinski definition) is 4.